The maximum Gasteiger partial charge on any atom is 0.134 e. The second kappa shape index (κ2) is 5.70. The average Bonchev–Trinajstić information content (AvgIpc) is 2.38. The molecule has 1 saturated carbocycles. The standard InChI is InChI=1S/C15H24N2O/c1-11-6-4-7-13(10-11)17(3)15-14(12(2)18)8-5-9-16-15/h5,8-9,11-13,18H,4,6-7,10H2,1-3H3/t11?,12-,13?/m0/s1. The molecule has 3 heteroatoms. The van der Waals surface area contributed by atoms with Gasteiger partial charge in [-0.25, -0.2) is 4.98 Å². The van der Waals surface area contributed by atoms with Crippen LogP contribution in [0.5, 0.6) is 0 Å². The highest BCUT2D eigenvalue weighted by atomic mass is 16.3. The molecule has 0 saturated heterocycles. The number of rotatable bonds is 3. The van der Waals surface area contributed by atoms with Crippen LogP contribution in [0, 0.1) is 5.92 Å². The van der Waals surface area contributed by atoms with Gasteiger partial charge in [0.1, 0.15) is 5.82 Å². The van der Waals surface area contributed by atoms with Gasteiger partial charge in [0.25, 0.3) is 0 Å². The minimum atomic E-state index is -0.461. The van der Waals surface area contributed by atoms with Crippen molar-refractivity contribution in [2.24, 2.45) is 5.92 Å². The smallest absolute Gasteiger partial charge is 0.134 e. The summed E-state index contributed by atoms with van der Waals surface area (Å²) in [7, 11) is 2.11. The molecular weight excluding hydrogens is 224 g/mol. The second-order valence-electron chi connectivity index (χ2n) is 5.63. The molecule has 0 radical (unpaired) electrons. The highest BCUT2D eigenvalue weighted by Gasteiger charge is 2.25. The molecule has 1 aliphatic carbocycles. The lowest BCUT2D eigenvalue weighted by Gasteiger charge is -2.36. The molecule has 18 heavy (non-hydrogen) atoms. The quantitative estimate of drug-likeness (QED) is 0.892. The predicted octanol–water partition coefficient (Wildman–Crippen LogP) is 3.15. The molecule has 1 aliphatic rings. The molecule has 2 unspecified atom stereocenters. The van der Waals surface area contributed by atoms with Gasteiger partial charge in [0.2, 0.25) is 0 Å². The van der Waals surface area contributed by atoms with Crippen molar-refractivity contribution in [2.45, 2.75) is 51.7 Å². The summed E-state index contributed by atoms with van der Waals surface area (Å²) in [5, 5.41) is 9.84. The molecule has 0 aliphatic heterocycles. The largest absolute Gasteiger partial charge is 0.389 e. The third kappa shape index (κ3) is 2.83. The van der Waals surface area contributed by atoms with Gasteiger partial charge in [-0.15, -0.1) is 0 Å². The molecule has 0 bridgehead atoms. The van der Waals surface area contributed by atoms with Crippen molar-refractivity contribution in [3.8, 4) is 0 Å². The number of pyridine rings is 1. The molecule has 1 aromatic rings. The Labute approximate surface area is 110 Å². The number of hydrogen-bond donors (Lipinski definition) is 1. The number of aliphatic hydroxyl groups excluding tert-OH is 1. The van der Waals surface area contributed by atoms with Gasteiger partial charge in [-0.2, -0.15) is 0 Å². The van der Waals surface area contributed by atoms with Crippen LogP contribution in [0.4, 0.5) is 5.82 Å². The highest BCUT2D eigenvalue weighted by Crippen LogP contribution is 2.31. The van der Waals surface area contributed by atoms with Gasteiger partial charge in [0.05, 0.1) is 6.10 Å². The molecule has 3 atom stereocenters. The van der Waals surface area contributed by atoms with Crippen LogP contribution in [0.3, 0.4) is 0 Å². The van der Waals surface area contributed by atoms with Gasteiger partial charge >= 0.3 is 0 Å². The van der Waals surface area contributed by atoms with E-state index in [1.54, 1.807) is 6.92 Å². The Hall–Kier alpha value is -1.09. The molecule has 2 rings (SSSR count). The van der Waals surface area contributed by atoms with Crippen LogP contribution in [-0.2, 0) is 0 Å². The van der Waals surface area contributed by atoms with E-state index in [9.17, 15) is 5.11 Å². The average molecular weight is 248 g/mol. The van der Waals surface area contributed by atoms with Crippen molar-refractivity contribution in [3.05, 3.63) is 23.9 Å². The summed E-state index contributed by atoms with van der Waals surface area (Å²) < 4.78 is 0. The molecule has 3 nitrogen and oxygen atoms in total. The van der Waals surface area contributed by atoms with Crippen LogP contribution in [0.15, 0.2) is 18.3 Å². The molecule has 1 heterocycles. The van der Waals surface area contributed by atoms with E-state index in [-0.39, 0.29) is 0 Å². The van der Waals surface area contributed by atoms with E-state index in [0.717, 1.165) is 17.3 Å². The summed E-state index contributed by atoms with van der Waals surface area (Å²) in [5.41, 5.74) is 0.929. The molecule has 0 amide bonds. The Kier molecular flexibility index (Phi) is 4.23. The van der Waals surface area contributed by atoms with E-state index in [1.807, 2.05) is 18.3 Å². The van der Waals surface area contributed by atoms with E-state index in [4.69, 9.17) is 0 Å². The Morgan fingerprint density at radius 3 is 2.89 bits per heavy atom. The van der Waals surface area contributed by atoms with Crippen LogP contribution < -0.4 is 4.90 Å². The topological polar surface area (TPSA) is 36.4 Å². The minimum Gasteiger partial charge on any atom is -0.389 e. The number of aliphatic hydroxyl groups is 1. The number of nitrogens with zero attached hydrogens (tertiary/aromatic N) is 2. The van der Waals surface area contributed by atoms with Crippen LogP contribution in [0.1, 0.15) is 51.2 Å². The summed E-state index contributed by atoms with van der Waals surface area (Å²) in [5.74, 6) is 1.73. The minimum absolute atomic E-state index is 0.461. The first-order valence-corrected chi connectivity index (χ1v) is 6.95. The molecule has 1 aromatic heterocycles. The van der Waals surface area contributed by atoms with Gasteiger partial charge < -0.3 is 10.0 Å². The summed E-state index contributed by atoms with van der Waals surface area (Å²) >= 11 is 0. The third-order valence-corrected chi connectivity index (χ3v) is 4.06. The van der Waals surface area contributed by atoms with E-state index >= 15 is 0 Å². The summed E-state index contributed by atoms with van der Waals surface area (Å²) in [6.45, 7) is 4.13. The van der Waals surface area contributed by atoms with Crippen LogP contribution in [0.25, 0.3) is 0 Å². The van der Waals surface area contributed by atoms with Gasteiger partial charge in [-0.3, -0.25) is 0 Å². The number of anilines is 1. The first-order chi connectivity index (χ1) is 8.59. The summed E-state index contributed by atoms with van der Waals surface area (Å²) in [6, 6.07) is 4.42. The van der Waals surface area contributed by atoms with Gasteiger partial charge in [-0.1, -0.05) is 25.8 Å². The Bertz CT molecular complexity index is 392. The SMILES string of the molecule is CC1CCCC(N(C)c2ncccc2[C@H](C)O)C1. The zero-order chi connectivity index (χ0) is 13.1. The molecule has 100 valence electrons. The molecular formula is C15H24N2O. The zero-order valence-corrected chi connectivity index (χ0v) is 11.6. The van der Waals surface area contributed by atoms with Crippen molar-refractivity contribution in [3.63, 3.8) is 0 Å². The number of hydrogen-bond acceptors (Lipinski definition) is 3. The fraction of sp³-hybridized carbons (Fsp3) is 0.667. The van der Waals surface area contributed by atoms with Crippen LogP contribution in [-0.4, -0.2) is 23.2 Å². The molecule has 1 N–H and O–H groups in total. The van der Waals surface area contributed by atoms with Crippen LogP contribution >= 0.6 is 0 Å². The third-order valence-electron chi connectivity index (χ3n) is 4.06. The van der Waals surface area contributed by atoms with E-state index in [2.05, 4.69) is 23.9 Å². The lowest BCUT2D eigenvalue weighted by Crippen LogP contribution is -2.36. The monoisotopic (exact) mass is 248 g/mol. The van der Waals surface area contributed by atoms with Gasteiger partial charge in [0, 0.05) is 24.8 Å². The van der Waals surface area contributed by atoms with Gasteiger partial charge in [-0.05, 0) is 31.7 Å². The second-order valence-corrected chi connectivity index (χ2v) is 5.63. The first-order valence-electron chi connectivity index (χ1n) is 6.95. The van der Waals surface area contributed by atoms with Crippen molar-refractivity contribution in [1.29, 1.82) is 0 Å². The van der Waals surface area contributed by atoms with Gasteiger partial charge in [0.15, 0.2) is 0 Å². The maximum absolute atomic E-state index is 9.84. The van der Waals surface area contributed by atoms with Crippen molar-refractivity contribution < 1.29 is 5.11 Å². The summed E-state index contributed by atoms with van der Waals surface area (Å²) in [6.07, 6.45) is 6.45. The predicted molar refractivity (Wildman–Crippen MR) is 74.7 cm³/mol. The Morgan fingerprint density at radius 2 is 2.22 bits per heavy atom. The Balaban J connectivity index is 2.19. The maximum atomic E-state index is 9.84. The fourth-order valence-electron chi connectivity index (χ4n) is 2.96. The molecule has 0 spiro atoms. The van der Waals surface area contributed by atoms with E-state index < -0.39 is 6.10 Å². The molecule has 0 aromatic carbocycles. The van der Waals surface area contributed by atoms with Crippen LogP contribution in [0.2, 0.25) is 0 Å². The fourth-order valence-corrected chi connectivity index (χ4v) is 2.96. The first kappa shape index (κ1) is 13.3. The highest BCUT2D eigenvalue weighted by molar-refractivity contribution is 5.48. The van der Waals surface area contributed by atoms with Crippen molar-refractivity contribution in [2.75, 3.05) is 11.9 Å². The normalized spacial score (nSPS) is 25.8. The summed E-state index contributed by atoms with van der Waals surface area (Å²) in [4.78, 5) is 6.73. The van der Waals surface area contributed by atoms with Crippen molar-refractivity contribution >= 4 is 5.82 Å². The Morgan fingerprint density at radius 1 is 1.44 bits per heavy atom. The van der Waals surface area contributed by atoms with E-state index in [1.165, 1.54) is 25.7 Å². The van der Waals surface area contributed by atoms with Crippen molar-refractivity contribution in [1.82, 2.24) is 4.98 Å². The molecule has 1 fully saturated rings. The lowest BCUT2D eigenvalue weighted by molar-refractivity contribution is 0.199. The lowest BCUT2D eigenvalue weighted by atomic mass is 9.86. The van der Waals surface area contributed by atoms with E-state index in [0.29, 0.717) is 6.04 Å². The zero-order valence-electron chi connectivity index (χ0n) is 11.6. The number of aromatic nitrogens is 1.